The van der Waals surface area contributed by atoms with Crippen LogP contribution in [0.4, 0.5) is 16.2 Å². The second-order valence-corrected chi connectivity index (χ2v) is 11.3. The monoisotopic (exact) mass is 582 g/mol. The Morgan fingerprint density at radius 3 is 2.69 bits per heavy atom. The number of nitrogens with two attached hydrogens (primary N) is 1. The summed E-state index contributed by atoms with van der Waals surface area (Å²) in [5, 5.41) is 10.9. The maximum Gasteiger partial charge on any atom is 0.480 e. The fraction of sp³-hybridized carbons (Fsp3) is 0.478. The van der Waals surface area contributed by atoms with E-state index in [9.17, 15) is 9.90 Å². The lowest BCUT2D eigenvalue weighted by molar-refractivity contribution is -0.151. The molecule has 0 amide bonds. The first-order chi connectivity index (χ1) is 18.4. The number of benzene rings is 1. The Kier molecular flexibility index (Phi) is 8.59. The molecule has 2 aromatic heterocycles. The lowest BCUT2D eigenvalue weighted by Gasteiger charge is -2.24. The number of hydrogen-bond acceptors (Lipinski definition) is 12. The predicted octanol–water partition coefficient (Wildman–Crippen LogP) is 2.11. The number of aliphatic hydroxyl groups excluding tert-OH is 1. The number of aliphatic hydroxyl groups is 1. The van der Waals surface area contributed by atoms with E-state index < -0.39 is 43.2 Å². The van der Waals surface area contributed by atoms with Crippen molar-refractivity contribution >= 4 is 47.8 Å². The second-order valence-electron chi connectivity index (χ2n) is 9.19. The molecule has 39 heavy (non-hydrogen) atoms. The van der Waals surface area contributed by atoms with E-state index in [0.29, 0.717) is 17.1 Å². The first-order valence-corrected chi connectivity index (χ1v) is 14.1. The Bertz CT molecular complexity index is 1350. The summed E-state index contributed by atoms with van der Waals surface area (Å²) in [6.45, 7) is 2.48. The van der Waals surface area contributed by atoms with E-state index in [1.807, 2.05) is 6.07 Å². The molecule has 1 unspecified atom stereocenters. The van der Waals surface area contributed by atoms with E-state index in [1.54, 1.807) is 50.2 Å². The van der Waals surface area contributed by atoms with E-state index in [1.165, 1.54) is 29.8 Å². The lowest BCUT2D eigenvalue weighted by Crippen LogP contribution is -2.41. The molecule has 4 rings (SSSR count). The normalized spacial score (nSPS) is 24.1. The number of hydroxylamine groups is 1. The van der Waals surface area contributed by atoms with Crippen LogP contribution >= 0.6 is 7.07 Å². The van der Waals surface area contributed by atoms with Crippen molar-refractivity contribution in [2.24, 2.45) is 0 Å². The number of fused-ring (bicyclic) bond motifs is 1. The van der Waals surface area contributed by atoms with Crippen LogP contribution in [0.2, 0.25) is 0 Å². The molecule has 13 nitrogen and oxygen atoms in total. The Morgan fingerprint density at radius 2 is 2.05 bits per heavy atom. The maximum absolute atomic E-state index is 15.9. The molecule has 3 aromatic rings. The van der Waals surface area contributed by atoms with Gasteiger partial charge in [0.1, 0.15) is 18.8 Å². The summed E-state index contributed by atoms with van der Waals surface area (Å²) in [5.41, 5.74) is 4.25. The van der Waals surface area contributed by atoms with Crippen molar-refractivity contribution in [3.8, 4) is 5.75 Å². The number of alkyl halides is 1. The molecule has 6 atom stereocenters. The van der Waals surface area contributed by atoms with E-state index in [-0.39, 0.29) is 18.2 Å². The topological polar surface area (TPSA) is 150 Å². The first kappa shape index (κ1) is 28.9. The van der Waals surface area contributed by atoms with Gasteiger partial charge in [0.05, 0.1) is 18.3 Å². The van der Waals surface area contributed by atoms with Gasteiger partial charge < -0.3 is 30.1 Å². The number of nitrogen functional groups attached to an aromatic ring is 1. The number of halogens is 1. The van der Waals surface area contributed by atoms with Crippen molar-refractivity contribution in [2.75, 3.05) is 38.4 Å². The number of aromatic nitrogens is 4. The summed E-state index contributed by atoms with van der Waals surface area (Å²) in [6, 6.07) is 7.78. The molecule has 1 aliphatic heterocycles. The third-order valence-electron chi connectivity index (χ3n) is 6.14. The van der Waals surface area contributed by atoms with Crippen LogP contribution < -0.4 is 15.5 Å². The van der Waals surface area contributed by atoms with Crippen LogP contribution in [0, 0.1) is 0 Å². The molecule has 0 spiro atoms. The largest absolute Gasteiger partial charge is 0.480 e. The van der Waals surface area contributed by atoms with Gasteiger partial charge in [-0.3, -0.25) is 9.36 Å². The fourth-order valence-electron chi connectivity index (χ4n) is 4.05. The van der Waals surface area contributed by atoms with Gasteiger partial charge in [0.15, 0.2) is 40.7 Å². The number of nitrogens with zero attached hydrogens (tertiary/aromatic N) is 6. The van der Waals surface area contributed by atoms with Gasteiger partial charge in [-0.1, -0.05) is 18.2 Å². The average Bonchev–Trinajstić information content (AvgIpc) is 3.42. The van der Waals surface area contributed by atoms with Crippen LogP contribution in [0.3, 0.4) is 0 Å². The number of hydrogen-bond donors (Lipinski definition) is 2. The van der Waals surface area contributed by atoms with Gasteiger partial charge in [-0.2, -0.15) is 9.97 Å². The minimum absolute atomic E-state index is 0.0260. The van der Waals surface area contributed by atoms with Gasteiger partial charge in [0, 0.05) is 14.1 Å². The van der Waals surface area contributed by atoms with Crippen molar-refractivity contribution in [3.05, 3.63) is 36.7 Å². The number of carbonyl (C=O) groups is 1. The van der Waals surface area contributed by atoms with Crippen LogP contribution in [0.5, 0.6) is 5.75 Å². The molecule has 3 heterocycles. The summed E-state index contributed by atoms with van der Waals surface area (Å²) >= 11 is 5.51. The zero-order valence-electron chi connectivity index (χ0n) is 22.0. The highest BCUT2D eigenvalue weighted by atomic mass is 32.4. The van der Waals surface area contributed by atoms with Gasteiger partial charge in [-0.05, 0) is 26.0 Å². The zero-order valence-corrected chi connectivity index (χ0v) is 23.7. The van der Waals surface area contributed by atoms with E-state index in [0.717, 1.165) is 0 Å². The Hall–Kier alpha value is -3.07. The minimum atomic E-state index is -2.26. The van der Waals surface area contributed by atoms with E-state index >= 15 is 4.39 Å². The summed E-state index contributed by atoms with van der Waals surface area (Å²) in [7, 11) is 2.78. The summed E-state index contributed by atoms with van der Waals surface area (Å²) < 4.78 is 33.9. The van der Waals surface area contributed by atoms with Gasteiger partial charge in [0.2, 0.25) is 17.8 Å². The highest BCUT2D eigenvalue weighted by Gasteiger charge is 2.56. The van der Waals surface area contributed by atoms with Crippen molar-refractivity contribution in [3.63, 3.8) is 0 Å². The van der Waals surface area contributed by atoms with Crippen LogP contribution in [-0.4, -0.2) is 87.2 Å². The van der Waals surface area contributed by atoms with Crippen molar-refractivity contribution in [2.45, 2.75) is 44.0 Å². The molecule has 0 bridgehead atoms. The summed E-state index contributed by atoms with van der Waals surface area (Å²) in [6.07, 6.45) is -2.66. The molecule has 0 saturated carbocycles. The summed E-state index contributed by atoms with van der Waals surface area (Å²) in [4.78, 5) is 33.7. The molecular formula is C23H30FN7O6PS+. The minimum Gasteiger partial charge on any atom is -0.468 e. The first-order valence-electron chi connectivity index (χ1n) is 11.9. The zero-order chi connectivity index (χ0) is 28.5. The number of ether oxygens (including phenoxy) is 2. The van der Waals surface area contributed by atoms with Gasteiger partial charge >= 0.3 is 13.0 Å². The molecule has 1 fully saturated rings. The smallest absolute Gasteiger partial charge is 0.468 e. The van der Waals surface area contributed by atoms with Crippen LogP contribution in [0.25, 0.3) is 11.2 Å². The standard InChI is InChI=1S/C23H30FN7O6PS/c1-13(20(33)34-5)31(37-14-9-7-6-8-10-14)38(39)35-11-15-17(32)23(2,24)21(36-15)30-12-26-16-18(29(3)4)27-22(25)28-19(16)30/h6-10,12-13,15,17,21,32H,11H2,1-5H3,(H2,25,27,28)/q+1/t13-,15-,17-,21-,23-/m1/s1. The molecule has 16 heteroatoms. The Balaban J connectivity index is 1.54. The number of esters is 1. The van der Waals surface area contributed by atoms with E-state index in [2.05, 4.69) is 15.0 Å². The molecule has 1 aliphatic rings. The molecule has 0 aliphatic carbocycles. The van der Waals surface area contributed by atoms with Gasteiger partial charge in [0.25, 0.3) is 0 Å². The molecule has 210 valence electrons. The predicted molar refractivity (Wildman–Crippen MR) is 144 cm³/mol. The van der Waals surface area contributed by atoms with Crippen molar-refractivity contribution < 1.29 is 33.1 Å². The van der Waals surface area contributed by atoms with Crippen LogP contribution in [0.15, 0.2) is 36.7 Å². The highest BCUT2D eigenvalue weighted by Crippen LogP contribution is 2.44. The third-order valence-corrected chi connectivity index (χ3v) is 8.06. The number of anilines is 2. The van der Waals surface area contributed by atoms with Crippen molar-refractivity contribution in [1.82, 2.24) is 24.4 Å². The fourth-order valence-corrected chi connectivity index (χ4v) is 5.68. The molecule has 0 radical (unpaired) electrons. The molecule has 1 aromatic carbocycles. The Labute approximate surface area is 230 Å². The van der Waals surface area contributed by atoms with Gasteiger partial charge in [-0.15, -0.1) is 4.52 Å². The molecule has 1 saturated heterocycles. The number of methoxy groups -OCH3 is 1. The average molecular weight is 583 g/mol. The number of imidazole rings is 1. The number of para-hydroxylation sites is 1. The van der Waals surface area contributed by atoms with Crippen LogP contribution in [-0.2, 0) is 30.6 Å². The SMILES string of the molecule is COC(=O)[C@@H](C)N(Oc1ccccc1)[P+](=S)OC[C@H]1O[C@@H](n2cnc3c(N(C)C)nc(N)nc32)[C@](C)(F)[C@@H]1O. The number of carbonyl (C=O) groups excluding carboxylic acids is 1. The second kappa shape index (κ2) is 11.6. The van der Waals surface area contributed by atoms with Crippen molar-refractivity contribution in [1.29, 1.82) is 0 Å². The molecular weight excluding hydrogens is 552 g/mol. The van der Waals surface area contributed by atoms with E-state index in [4.69, 9.17) is 36.4 Å². The lowest BCUT2D eigenvalue weighted by atomic mass is 9.98. The molecule has 3 N–H and O–H groups in total. The maximum atomic E-state index is 15.9. The summed E-state index contributed by atoms with van der Waals surface area (Å²) in [5.74, 6) is 0.256. The van der Waals surface area contributed by atoms with Crippen LogP contribution in [0.1, 0.15) is 20.1 Å². The quantitative estimate of drug-likeness (QED) is 0.204. The highest BCUT2D eigenvalue weighted by molar-refractivity contribution is 8.01. The number of rotatable bonds is 10. The van der Waals surface area contributed by atoms with Gasteiger partial charge in [-0.25, -0.2) is 9.37 Å². The Morgan fingerprint density at radius 1 is 1.36 bits per heavy atom. The third kappa shape index (κ3) is 5.78.